The number of amides is 1. The summed E-state index contributed by atoms with van der Waals surface area (Å²) >= 11 is 12.4. The van der Waals surface area contributed by atoms with E-state index in [4.69, 9.17) is 23.2 Å². The van der Waals surface area contributed by atoms with E-state index >= 15 is 0 Å². The Kier molecular flexibility index (Phi) is 8.70. The van der Waals surface area contributed by atoms with Crippen molar-refractivity contribution in [1.82, 2.24) is 20.0 Å². The molecule has 5 nitrogen and oxygen atoms in total. The lowest BCUT2D eigenvalue weighted by atomic mass is 9.93. The first-order chi connectivity index (χ1) is 17.4. The van der Waals surface area contributed by atoms with Gasteiger partial charge in [0.25, 0.3) is 0 Å². The maximum atomic E-state index is 14.2. The van der Waals surface area contributed by atoms with Crippen LogP contribution in [0, 0.1) is 5.82 Å². The molecule has 2 aromatic rings. The molecule has 4 rings (SSSR count). The van der Waals surface area contributed by atoms with Crippen LogP contribution < -0.4 is 5.32 Å². The van der Waals surface area contributed by atoms with Crippen molar-refractivity contribution in [2.75, 3.05) is 46.3 Å². The second kappa shape index (κ2) is 11.5. The highest BCUT2D eigenvalue weighted by Crippen LogP contribution is 2.36. The SMILES string of the molecule is C[C@@H]1CN(CC(=O)N2C[C@H](c3ccc(Cl)c(Cl)c3)[C@H](N(C)Cc3ccc(C(F)(F)F)c(F)c3)C2)CCN1. The van der Waals surface area contributed by atoms with Gasteiger partial charge in [-0.2, -0.15) is 13.2 Å². The first-order valence-corrected chi connectivity index (χ1v) is 12.9. The van der Waals surface area contributed by atoms with Crippen LogP contribution in [-0.4, -0.2) is 79.0 Å². The van der Waals surface area contributed by atoms with Crippen molar-refractivity contribution < 1.29 is 22.4 Å². The summed E-state index contributed by atoms with van der Waals surface area (Å²) in [6.07, 6.45) is -4.75. The van der Waals surface area contributed by atoms with Crippen LogP contribution in [0.2, 0.25) is 10.0 Å². The van der Waals surface area contributed by atoms with Gasteiger partial charge < -0.3 is 10.2 Å². The number of hydrogen-bond acceptors (Lipinski definition) is 4. The van der Waals surface area contributed by atoms with Crippen LogP contribution >= 0.6 is 23.2 Å². The second-order valence-electron chi connectivity index (χ2n) is 9.96. The maximum absolute atomic E-state index is 14.2. The van der Waals surface area contributed by atoms with Crippen LogP contribution in [0.15, 0.2) is 36.4 Å². The van der Waals surface area contributed by atoms with Crippen LogP contribution in [-0.2, 0) is 17.5 Å². The third kappa shape index (κ3) is 6.75. The topological polar surface area (TPSA) is 38.8 Å². The minimum atomic E-state index is -4.75. The summed E-state index contributed by atoms with van der Waals surface area (Å²) in [6.45, 7) is 5.94. The molecule has 0 aromatic heterocycles. The van der Waals surface area contributed by atoms with E-state index in [1.165, 1.54) is 6.07 Å². The number of carbonyl (C=O) groups is 1. The number of piperazine rings is 1. The molecule has 2 aliphatic heterocycles. The Hall–Kier alpha value is -1.91. The molecule has 0 unspecified atom stereocenters. The van der Waals surface area contributed by atoms with E-state index < -0.39 is 17.6 Å². The van der Waals surface area contributed by atoms with Crippen molar-refractivity contribution in [3.05, 3.63) is 69.0 Å². The molecule has 2 fully saturated rings. The Labute approximate surface area is 224 Å². The van der Waals surface area contributed by atoms with Crippen molar-refractivity contribution in [3.8, 4) is 0 Å². The maximum Gasteiger partial charge on any atom is 0.419 e. The predicted octanol–water partition coefficient (Wildman–Crippen LogP) is 4.87. The highest BCUT2D eigenvalue weighted by atomic mass is 35.5. The highest BCUT2D eigenvalue weighted by molar-refractivity contribution is 6.42. The average molecular weight is 561 g/mol. The van der Waals surface area contributed by atoms with Gasteiger partial charge in [0.05, 0.1) is 22.2 Å². The summed E-state index contributed by atoms with van der Waals surface area (Å²) in [5.74, 6) is -1.38. The summed E-state index contributed by atoms with van der Waals surface area (Å²) in [4.78, 5) is 19.2. The Morgan fingerprint density at radius 2 is 1.86 bits per heavy atom. The molecule has 37 heavy (non-hydrogen) atoms. The molecule has 0 aliphatic carbocycles. The zero-order valence-electron chi connectivity index (χ0n) is 20.7. The average Bonchev–Trinajstić information content (AvgIpc) is 3.26. The van der Waals surface area contributed by atoms with E-state index in [9.17, 15) is 22.4 Å². The quantitative estimate of drug-likeness (QED) is 0.511. The number of nitrogens with zero attached hydrogens (tertiary/aromatic N) is 3. The van der Waals surface area contributed by atoms with E-state index in [0.29, 0.717) is 41.3 Å². The number of likely N-dealkylation sites (tertiary alicyclic amines) is 1. The monoisotopic (exact) mass is 560 g/mol. The van der Waals surface area contributed by atoms with Crippen LogP contribution in [0.4, 0.5) is 17.6 Å². The number of carbonyl (C=O) groups excluding carboxylic acids is 1. The van der Waals surface area contributed by atoms with Gasteiger partial charge in [0.1, 0.15) is 5.82 Å². The number of nitrogens with one attached hydrogen (secondary N) is 1. The fourth-order valence-electron chi connectivity index (χ4n) is 5.25. The molecule has 3 atom stereocenters. The Morgan fingerprint density at radius 1 is 1.11 bits per heavy atom. The number of benzene rings is 2. The third-order valence-electron chi connectivity index (χ3n) is 7.16. The first-order valence-electron chi connectivity index (χ1n) is 12.2. The molecular weight excluding hydrogens is 531 g/mol. The molecule has 0 saturated carbocycles. The van der Waals surface area contributed by atoms with Crippen LogP contribution in [0.1, 0.15) is 29.5 Å². The van der Waals surface area contributed by atoms with Crippen LogP contribution in [0.25, 0.3) is 0 Å². The molecular formula is C26H30Cl2F4N4O. The van der Waals surface area contributed by atoms with Gasteiger partial charge in [-0.3, -0.25) is 14.6 Å². The van der Waals surface area contributed by atoms with Gasteiger partial charge >= 0.3 is 6.18 Å². The van der Waals surface area contributed by atoms with Gasteiger partial charge in [-0.25, -0.2) is 4.39 Å². The molecule has 2 aliphatic rings. The molecule has 2 saturated heterocycles. The van der Waals surface area contributed by atoms with Gasteiger partial charge in [-0.15, -0.1) is 0 Å². The van der Waals surface area contributed by atoms with Crippen molar-refractivity contribution in [2.24, 2.45) is 0 Å². The van der Waals surface area contributed by atoms with Gasteiger partial charge in [0, 0.05) is 57.3 Å². The van der Waals surface area contributed by atoms with Gasteiger partial charge in [-0.05, 0) is 49.4 Å². The summed E-state index contributed by atoms with van der Waals surface area (Å²) in [5, 5.41) is 4.20. The standard InChI is InChI=1S/C26H30Cl2F4N4O/c1-16-11-35(8-7-33-16)15-25(37)36-13-19(18-4-6-21(27)22(28)10-18)24(14-36)34(2)12-17-3-5-20(23(29)9-17)26(30,31)32/h3-6,9-10,16,19,24,33H,7-8,11-15H2,1-2H3/t16-,19-,24-/m1/s1. The normalized spacial score (nSPS) is 23.2. The molecule has 0 spiro atoms. The Bertz CT molecular complexity index is 1130. The summed E-state index contributed by atoms with van der Waals surface area (Å²) in [7, 11) is 1.83. The number of hydrogen-bond donors (Lipinski definition) is 1. The number of alkyl halides is 3. The van der Waals surface area contributed by atoms with Crippen molar-refractivity contribution in [3.63, 3.8) is 0 Å². The lowest BCUT2D eigenvalue weighted by Gasteiger charge is -2.32. The van der Waals surface area contributed by atoms with Crippen molar-refractivity contribution >= 4 is 29.1 Å². The summed E-state index contributed by atoms with van der Waals surface area (Å²) in [6, 6.07) is 8.53. The fraction of sp³-hybridized carbons (Fsp3) is 0.500. The number of rotatable bonds is 6. The molecule has 2 heterocycles. The zero-order valence-corrected chi connectivity index (χ0v) is 22.2. The molecule has 0 radical (unpaired) electrons. The van der Waals surface area contributed by atoms with E-state index in [0.717, 1.165) is 37.3 Å². The Balaban J connectivity index is 1.53. The van der Waals surface area contributed by atoms with E-state index in [-0.39, 0.29) is 24.4 Å². The minimum Gasteiger partial charge on any atom is -0.339 e. The number of likely N-dealkylation sites (N-methyl/N-ethyl adjacent to an activating group) is 1. The Morgan fingerprint density at radius 3 is 2.51 bits per heavy atom. The van der Waals surface area contributed by atoms with Gasteiger partial charge in [0.2, 0.25) is 5.91 Å². The highest BCUT2D eigenvalue weighted by Gasteiger charge is 2.39. The van der Waals surface area contributed by atoms with Crippen LogP contribution in [0.5, 0.6) is 0 Å². The second-order valence-corrected chi connectivity index (χ2v) is 10.8. The van der Waals surface area contributed by atoms with E-state index in [2.05, 4.69) is 17.1 Å². The van der Waals surface area contributed by atoms with Gasteiger partial charge in [-0.1, -0.05) is 35.3 Å². The van der Waals surface area contributed by atoms with Crippen molar-refractivity contribution in [2.45, 2.75) is 37.6 Å². The number of halogens is 6. The lowest BCUT2D eigenvalue weighted by Crippen LogP contribution is -2.52. The smallest absolute Gasteiger partial charge is 0.339 e. The molecule has 2 aromatic carbocycles. The van der Waals surface area contributed by atoms with Gasteiger partial charge in [0.15, 0.2) is 0 Å². The van der Waals surface area contributed by atoms with E-state index in [1.54, 1.807) is 12.1 Å². The van der Waals surface area contributed by atoms with Crippen LogP contribution in [0.3, 0.4) is 0 Å². The molecule has 1 amide bonds. The molecule has 0 bridgehead atoms. The third-order valence-corrected chi connectivity index (χ3v) is 7.90. The first kappa shape index (κ1) is 28.1. The van der Waals surface area contributed by atoms with E-state index in [1.807, 2.05) is 22.9 Å². The molecule has 11 heteroatoms. The largest absolute Gasteiger partial charge is 0.419 e. The predicted molar refractivity (Wildman–Crippen MR) is 136 cm³/mol. The van der Waals surface area contributed by atoms with Crippen molar-refractivity contribution in [1.29, 1.82) is 0 Å². The summed E-state index contributed by atoms with van der Waals surface area (Å²) in [5.41, 5.74) is 0.0452. The molecule has 1 N–H and O–H groups in total. The zero-order chi connectivity index (χ0) is 26.9. The molecule has 202 valence electrons. The fourth-order valence-corrected chi connectivity index (χ4v) is 5.55. The lowest BCUT2D eigenvalue weighted by molar-refractivity contribution is -0.140. The minimum absolute atomic E-state index is 0.0237. The summed E-state index contributed by atoms with van der Waals surface area (Å²) < 4.78 is 53.1.